The minimum absolute atomic E-state index is 0.0538. The molecule has 33 heavy (non-hydrogen) atoms. The zero-order chi connectivity index (χ0) is 24.2. The average molecular weight is 468 g/mol. The van der Waals surface area contributed by atoms with Crippen molar-refractivity contribution in [1.82, 2.24) is 15.0 Å². The van der Waals surface area contributed by atoms with E-state index in [1.165, 1.54) is 18.3 Å². The molecular formula is C21H27F3N6O3. The number of alkyl halides is 3. The van der Waals surface area contributed by atoms with Crippen molar-refractivity contribution in [2.45, 2.75) is 51.9 Å². The maximum absolute atomic E-state index is 12.2. The molecule has 1 aliphatic heterocycles. The smallest absolute Gasteiger partial charge is 0.422 e. The summed E-state index contributed by atoms with van der Waals surface area (Å²) >= 11 is 0. The molecule has 2 aromatic heterocycles. The molecule has 0 unspecified atom stereocenters. The molecule has 12 heteroatoms. The molecule has 2 N–H and O–H groups in total. The maximum Gasteiger partial charge on any atom is 0.422 e. The maximum atomic E-state index is 12.2. The van der Waals surface area contributed by atoms with Crippen molar-refractivity contribution >= 4 is 23.4 Å². The first kappa shape index (κ1) is 24.3. The van der Waals surface area contributed by atoms with E-state index < -0.39 is 12.8 Å². The Hall–Kier alpha value is -3.31. The van der Waals surface area contributed by atoms with E-state index in [1.807, 2.05) is 20.8 Å². The zero-order valence-electron chi connectivity index (χ0n) is 18.9. The highest BCUT2D eigenvalue weighted by Crippen LogP contribution is 2.32. The van der Waals surface area contributed by atoms with Crippen LogP contribution in [-0.2, 0) is 4.79 Å². The summed E-state index contributed by atoms with van der Waals surface area (Å²) in [6, 6.07) is 2.99. The molecule has 0 radical (unpaired) electrons. The third-order valence-electron chi connectivity index (χ3n) is 4.90. The van der Waals surface area contributed by atoms with Crippen LogP contribution in [-0.4, -0.2) is 59.4 Å². The van der Waals surface area contributed by atoms with Gasteiger partial charge in [0.25, 0.3) is 0 Å². The molecule has 1 aliphatic carbocycles. The molecule has 1 saturated carbocycles. The topological polar surface area (TPSA) is 102 Å². The first-order valence-electron chi connectivity index (χ1n) is 10.6. The number of aromatic nitrogens is 3. The van der Waals surface area contributed by atoms with Crippen LogP contribution in [0, 0.1) is 6.92 Å². The van der Waals surface area contributed by atoms with Gasteiger partial charge < -0.3 is 25.0 Å². The number of nitrogens with one attached hydrogen (secondary N) is 2. The quantitative estimate of drug-likeness (QED) is 0.664. The number of carbonyl (C=O) groups excluding carboxylic acids is 1. The van der Waals surface area contributed by atoms with Gasteiger partial charge in [0.15, 0.2) is 12.4 Å². The Balaban J connectivity index is 0.00000149. The molecule has 9 nitrogen and oxygen atoms in total. The van der Waals surface area contributed by atoms with Crippen LogP contribution >= 0.6 is 0 Å². The Morgan fingerprint density at radius 3 is 2.61 bits per heavy atom. The van der Waals surface area contributed by atoms with Crippen molar-refractivity contribution in [3.05, 3.63) is 24.0 Å². The first-order valence-corrected chi connectivity index (χ1v) is 10.6. The Labute approximate surface area is 189 Å². The lowest BCUT2D eigenvalue weighted by Crippen LogP contribution is -2.43. The van der Waals surface area contributed by atoms with E-state index in [2.05, 4.69) is 30.3 Å². The third kappa shape index (κ3) is 6.36. The van der Waals surface area contributed by atoms with Gasteiger partial charge in [-0.15, -0.1) is 0 Å². The summed E-state index contributed by atoms with van der Waals surface area (Å²) in [5, 5.41) is 6.07. The second kappa shape index (κ2) is 10.1. The average Bonchev–Trinajstić information content (AvgIpc) is 2.73. The molecule has 0 atom stereocenters. The van der Waals surface area contributed by atoms with Gasteiger partial charge in [0.05, 0.1) is 18.4 Å². The Bertz CT molecular complexity index is 965. The number of hydrogen-bond acceptors (Lipinski definition) is 8. The number of hydrogen-bond donors (Lipinski definition) is 2. The number of aryl methyl sites for hydroxylation is 1. The molecule has 1 fully saturated rings. The number of amides is 1. The molecule has 3 heterocycles. The second-order valence-corrected chi connectivity index (χ2v) is 7.52. The number of anilines is 3. The van der Waals surface area contributed by atoms with E-state index in [1.54, 1.807) is 11.9 Å². The minimum Gasteiger partial charge on any atom is -0.489 e. The first-order chi connectivity index (χ1) is 15.7. The Kier molecular flexibility index (Phi) is 7.44. The highest BCUT2D eigenvalue weighted by molar-refractivity contribution is 6.00. The fourth-order valence-electron chi connectivity index (χ4n) is 3.35. The molecule has 1 amide bonds. The van der Waals surface area contributed by atoms with Crippen LogP contribution < -0.4 is 25.0 Å². The zero-order valence-corrected chi connectivity index (χ0v) is 18.9. The molecule has 4 rings (SSSR count). The second-order valence-electron chi connectivity index (χ2n) is 7.52. The fourth-order valence-corrected chi connectivity index (χ4v) is 3.35. The summed E-state index contributed by atoms with van der Waals surface area (Å²) in [6.07, 6.45) is -1.71. The van der Waals surface area contributed by atoms with E-state index in [-0.39, 0.29) is 30.5 Å². The van der Waals surface area contributed by atoms with Gasteiger partial charge in [0.2, 0.25) is 17.7 Å². The van der Waals surface area contributed by atoms with Crippen molar-refractivity contribution in [1.29, 1.82) is 0 Å². The number of likely N-dealkylation sites (N-methyl/N-ethyl adjacent to an activating group) is 1. The lowest BCUT2D eigenvalue weighted by atomic mass is 9.89. The fraction of sp³-hybridized carbons (Fsp3) is 0.524. The van der Waals surface area contributed by atoms with Crippen LogP contribution in [0.1, 0.15) is 32.4 Å². The van der Waals surface area contributed by atoms with Crippen LogP contribution in [0.4, 0.5) is 30.6 Å². The van der Waals surface area contributed by atoms with Crippen molar-refractivity contribution in [2.24, 2.45) is 0 Å². The van der Waals surface area contributed by atoms with Crippen LogP contribution in [0.2, 0.25) is 0 Å². The number of rotatable bonds is 6. The molecule has 0 aromatic carbocycles. The summed E-state index contributed by atoms with van der Waals surface area (Å²) in [4.78, 5) is 26.2. The Morgan fingerprint density at radius 2 is 1.97 bits per heavy atom. The van der Waals surface area contributed by atoms with Gasteiger partial charge in [0, 0.05) is 32.0 Å². The lowest BCUT2D eigenvalue weighted by Gasteiger charge is -2.36. The van der Waals surface area contributed by atoms with Gasteiger partial charge >= 0.3 is 6.18 Å². The van der Waals surface area contributed by atoms with E-state index in [0.717, 1.165) is 0 Å². The summed E-state index contributed by atoms with van der Waals surface area (Å²) in [5.74, 6) is 1.40. The largest absolute Gasteiger partial charge is 0.489 e. The van der Waals surface area contributed by atoms with Crippen LogP contribution in [0.5, 0.6) is 11.6 Å². The Morgan fingerprint density at radius 1 is 1.24 bits per heavy atom. The predicted octanol–water partition coefficient (Wildman–Crippen LogP) is 3.56. The lowest BCUT2D eigenvalue weighted by molar-refractivity contribution is -0.154. The monoisotopic (exact) mass is 468 g/mol. The predicted molar refractivity (Wildman–Crippen MR) is 117 cm³/mol. The van der Waals surface area contributed by atoms with Crippen LogP contribution in [0.3, 0.4) is 0 Å². The summed E-state index contributed by atoms with van der Waals surface area (Å²) in [5.41, 5.74) is 1.30. The minimum atomic E-state index is -4.41. The SMILES string of the molecule is CC.Cc1nc(NC2CC(Oc3ccc(OCC(F)(F)F)nc3)C2)nc2c1NC(=O)CN2C. The number of ether oxygens (including phenoxy) is 2. The number of fused-ring (bicyclic) bond motifs is 1. The molecular weight excluding hydrogens is 441 g/mol. The van der Waals surface area contributed by atoms with Crippen LogP contribution in [0.15, 0.2) is 18.3 Å². The van der Waals surface area contributed by atoms with E-state index >= 15 is 0 Å². The third-order valence-corrected chi connectivity index (χ3v) is 4.90. The summed E-state index contributed by atoms with van der Waals surface area (Å²) < 4.78 is 46.9. The molecule has 180 valence electrons. The molecule has 0 bridgehead atoms. The molecule has 0 spiro atoms. The van der Waals surface area contributed by atoms with Crippen molar-refractivity contribution in [3.63, 3.8) is 0 Å². The van der Waals surface area contributed by atoms with E-state index in [4.69, 9.17) is 4.74 Å². The van der Waals surface area contributed by atoms with E-state index in [0.29, 0.717) is 41.7 Å². The number of carbonyl (C=O) groups is 1. The molecule has 2 aromatic rings. The van der Waals surface area contributed by atoms with Gasteiger partial charge in [0.1, 0.15) is 17.5 Å². The summed E-state index contributed by atoms with van der Waals surface area (Å²) in [7, 11) is 1.80. The van der Waals surface area contributed by atoms with E-state index in [9.17, 15) is 18.0 Å². The molecule has 2 aliphatic rings. The summed E-state index contributed by atoms with van der Waals surface area (Å²) in [6.45, 7) is 4.66. The number of halogens is 3. The normalized spacial score (nSPS) is 19.4. The van der Waals surface area contributed by atoms with Gasteiger partial charge in [-0.1, -0.05) is 13.8 Å². The highest BCUT2D eigenvalue weighted by atomic mass is 19.4. The van der Waals surface area contributed by atoms with Crippen LogP contribution in [0.25, 0.3) is 0 Å². The van der Waals surface area contributed by atoms with Gasteiger partial charge in [-0.05, 0) is 13.0 Å². The van der Waals surface area contributed by atoms with Crippen molar-refractivity contribution < 1.29 is 27.4 Å². The van der Waals surface area contributed by atoms with Crippen molar-refractivity contribution in [3.8, 4) is 11.6 Å². The standard InChI is InChI=1S/C19H21F3N6O3.C2H6/c1-10-16-17(28(2)8-14(29)26-16)27-18(24-10)25-11-5-13(6-11)31-12-3-4-15(23-7-12)30-9-19(20,21)22;1-2/h3-4,7,11,13H,5-6,8-9H2,1-2H3,(H,26,29)(H,24,25,27);1-2H3. The number of pyridine rings is 1. The molecule has 0 saturated heterocycles. The highest BCUT2D eigenvalue weighted by Gasteiger charge is 2.33. The van der Waals surface area contributed by atoms with Crippen molar-refractivity contribution in [2.75, 3.05) is 35.7 Å². The van der Waals surface area contributed by atoms with Gasteiger partial charge in [-0.3, -0.25) is 4.79 Å². The van der Waals surface area contributed by atoms with Gasteiger partial charge in [-0.25, -0.2) is 9.97 Å². The van der Waals surface area contributed by atoms with Gasteiger partial charge in [-0.2, -0.15) is 18.2 Å². The number of nitrogens with zero attached hydrogens (tertiary/aromatic N) is 4.